The molecular formula is C27H50N2. The van der Waals surface area contributed by atoms with Gasteiger partial charge in [-0.25, -0.2) is 0 Å². The summed E-state index contributed by atoms with van der Waals surface area (Å²) in [5.41, 5.74) is 14.0. The summed E-state index contributed by atoms with van der Waals surface area (Å²) >= 11 is 0. The standard InChI is InChI=1S/C27H50N2/c1-17(2)7-6-8-18(3)21-11-12-22-20-10-9-19-15-24(28)25(29)16-27(19,5)23(20)13-14-26(21,22)4/h17-25H,6-16,28-29H2,1-5H3/t18-,19+,20+,21-,22+,23+,24+,25-,26-,27+/m1/s1. The number of hydrogen-bond donors (Lipinski definition) is 2. The van der Waals surface area contributed by atoms with Crippen LogP contribution in [-0.4, -0.2) is 12.1 Å². The molecule has 0 bridgehead atoms. The van der Waals surface area contributed by atoms with Gasteiger partial charge >= 0.3 is 0 Å². The van der Waals surface area contributed by atoms with Crippen LogP contribution in [0.2, 0.25) is 0 Å². The predicted molar refractivity (Wildman–Crippen MR) is 124 cm³/mol. The van der Waals surface area contributed by atoms with E-state index in [2.05, 4.69) is 34.6 Å². The Labute approximate surface area is 181 Å². The molecule has 0 unspecified atom stereocenters. The Balaban J connectivity index is 1.47. The van der Waals surface area contributed by atoms with Gasteiger partial charge < -0.3 is 11.5 Å². The fraction of sp³-hybridized carbons (Fsp3) is 1.00. The van der Waals surface area contributed by atoms with Gasteiger partial charge in [0.2, 0.25) is 0 Å². The molecule has 4 saturated carbocycles. The molecule has 4 rings (SSSR count). The van der Waals surface area contributed by atoms with Crippen LogP contribution in [0.1, 0.15) is 105 Å². The maximum absolute atomic E-state index is 6.53. The molecule has 4 N–H and O–H groups in total. The van der Waals surface area contributed by atoms with Crippen molar-refractivity contribution in [1.82, 2.24) is 0 Å². The molecule has 2 heteroatoms. The summed E-state index contributed by atoms with van der Waals surface area (Å²) in [6.45, 7) is 12.7. The summed E-state index contributed by atoms with van der Waals surface area (Å²) < 4.78 is 0. The normalized spacial score (nSPS) is 50.7. The van der Waals surface area contributed by atoms with Crippen molar-refractivity contribution in [3.63, 3.8) is 0 Å². The minimum absolute atomic E-state index is 0.223. The lowest BCUT2D eigenvalue weighted by Crippen LogP contribution is -2.60. The molecule has 4 aliphatic rings. The first-order valence-corrected chi connectivity index (χ1v) is 13.2. The van der Waals surface area contributed by atoms with E-state index in [1.54, 1.807) is 0 Å². The quantitative estimate of drug-likeness (QED) is 0.561. The number of fused-ring (bicyclic) bond motifs is 5. The molecule has 0 aromatic heterocycles. The van der Waals surface area contributed by atoms with Crippen LogP contribution in [-0.2, 0) is 0 Å². The smallest absolute Gasteiger partial charge is 0.0197 e. The van der Waals surface area contributed by atoms with Gasteiger partial charge in [0.1, 0.15) is 0 Å². The van der Waals surface area contributed by atoms with Crippen molar-refractivity contribution < 1.29 is 0 Å². The third-order valence-corrected chi connectivity index (χ3v) is 11.0. The molecule has 10 atom stereocenters. The third kappa shape index (κ3) is 3.73. The highest BCUT2D eigenvalue weighted by atomic mass is 14.8. The lowest BCUT2D eigenvalue weighted by atomic mass is 9.44. The monoisotopic (exact) mass is 402 g/mol. The van der Waals surface area contributed by atoms with Crippen LogP contribution in [0.25, 0.3) is 0 Å². The Morgan fingerprint density at radius 2 is 1.55 bits per heavy atom. The van der Waals surface area contributed by atoms with E-state index in [9.17, 15) is 0 Å². The zero-order valence-corrected chi connectivity index (χ0v) is 20.1. The molecular weight excluding hydrogens is 352 g/mol. The molecule has 0 aromatic rings. The molecule has 0 radical (unpaired) electrons. The molecule has 2 nitrogen and oxygen atoms in total. The maximum atomic E-state index is 6.53. The average Bonchev–Trinajstić information content (AvgIpc) is 3.00. The molecule has 168 valence electrons. The fourth-order valence-electron chi connectivity index (χ4n) is 9.43. The SMILES string of the molecule is CC(C)CCC[C@@H](C)[C@H]1CC[C@H]2[C@@H]3CC[C@H]4C[C@H](N)[C@H](N)C[C@]4(C)[C@H]3CC[C@]12C. The van der Waals surface area contributed by atoms with Gasteiger partial charge in [0, 0.05) is 12.1 Å². The molecule has 0 saturated heterocycles. The Hall–Kier alpha value is -0.0800. The van der Waals surface area contributed by atoms with Crippen LogP contribution in [0.4, 0.5) is 0 Å². The highest BCUT2D eigenvalue weighted by Crippen LogP contribution is 2.68. The van der Waals surface area contributed by atoms with E-state index in [-0.39, 0.29) is 12.1 Å². The van der Waals surface area contributed by atoms with E-state index in [4.69, 9.17) is 11.5 Å². The van der Waals surface area contributed by atoms with Gasteiger partial charge in [-0.1, -0.05) is 53.9 Å². The van der Waals surface area contributed by atoms with Gasteiger partial charge in [-0.05, 0) is 104 Å². The predicted octanol–water partition coefficient (Wildman–Crippen LogP) is 6.37. The van der Waals surface area contributed by atoms with Crippen molar-refractivity contribution in [2.24, 2.45) is 63.7 Å². The molecule has 29 heavy (non-hydrogen) atoms. The van der Waals surface area contributed by atoms with Crippen molar-refractivity contribution in [1.29, 1.82) is 0 Å². The summed E-state index contributed by atoms with van der Waals surface area (Å²) in [4.78, 5) is 0. The van der Waals surface area contributed by atoms with Gasteiger partial charge in [0.25, 0.3) is 0 Å². The van der Waals surface area contributed by atoms with Crippen LogP contribution >= 0.6 is 0 Å². The van der Waals surface area contributed by atoms with E-state index in [1.807, 2.05) is 0 Å². The highest BCUT2D eigenvalue weighted by Gasteiger charge is 2.61. The van der Waals surface area contributed by atoms with Crippen molar-refractivity contribution >= 4 is 0 Å². The van der Waals surface area contributed by atoms with Crippen LogP contribution in [0.3, 0.4) is 0 Å². The van der Waals surface area contributed by atoms with Gasteiger partial charge in [-0.3, -0.25) is 0 Å². The first kappa shape index (κ1) is 22.1. The van der Waals surface area contributed by atoms with Crippen LogP contribution in [0.5, 0.6) is 0 Å². The number of nitrogens with two attached hydrogens (primary N) is 2. The van der Waals surface area contributed by atoms with E-state index in [0.717, 1.165) is 41.4 Å². The van der Waals surface area contributed by atoms with Gasteiger partial charge in [-0.15, -0.1) is 0 Å². The lowest BCUT2D eigenvalue weighted by Gasteiger charge is -2.62. The van der Waals surface area contributed by atoms with Crippen LogP contribution in [0.15, 0.2) is 0 Å². The Kier molecular flexibility index (Phi) is 6.19. The molecule has 0 amide bonds. The second kappa shape index (κ2) is 8.12. The second-order valence-corrected chi connectivity index (χ2v) is 13.0. The molecule has 0 spiro atoms. The maximum Gasteiger partial charge on any atom is 0.0197 e. The van der Waals surface area contributed by atoms with Gasteiger partial charge in [-0.2, -0.15) is 0 Å². The summed E-state index contributed by atoms with van der Waals surface area (Å²) in [5.74, 6) is 6.41. The summed E-state index contributed by atoms with van der Waals surface area (Å²) in [6.07, 6.45) is 15.5. The van der Waals surface area contributed by atoms with Crippen molar-refractivity contribution in [2.75, 3.05) is 0 Å². The number of hydrogen-bond acceptors (Lipinski definition) is 2. The average molecular weight is 403 g/mol. The lowest BCUT2D eigenvalue weighted by molar-refractivity contribution is -0.119. The van der Waals surface area contributed by atoms with E-state index in [1.165, 1.54) is 70.6 Å². The van der Waals surface area contributed by atoms with Crippen molar-refractivity contribution in [2.45, 2.75) is 117 Å². The summed E-state index contributed by atoms with van der Waals surface area (Å²) in [6, 6.07) is 0.460. The van der Waals surface area contributed by atoms with Crippen molar-refractivity contribution in [3.05, 3.63) is 0 Å². The molecule has 0 aliphatic heterocycles. The van der Waals surface area contributed by atoms with Gasteiger partial charge in [0.15, 0.2) is 0 Å². The molecule has 0 heterocycles. The minimum Gasteiger partial charge on any atom is -0.326 e. The Bertz CT molecular complexity index is 573. The van der Waals surface area contributed by atoms with Crippen molar-refractivity contribution in [3.8, 4) is 0 Å². The van der Waals surface area contributed by atoms with Crippen LogP contribution < -0.4 is 11.5 Å². The fourth-order valence-corrected chi connectivity index (χ4v) is 9.43. The Morgan fingerprint density at radius 1 is 0.828 bits per heavy atom. The molecule has 4 fully saturated rings. The zero-order chi connectivity index (χ0) is 21.0. The topological polar surface area (TPSA) is 52.0 Å². The van der Waals surface area contributed by atoms with E-state index < -0.39 is 0 Å². The summed E-state index contributed by atoms with van der Waals surface area (Å²) in [7, 11) is 0. The zero-order valence-electron chi connectivity index (χ0n) is 20.1. The van der Waals surface area contributed by atoms with E-state index in [0.29, 0.717) is 10.8 Å². The minimum atomic E-state index is 0.223. The van der Waals surface area contributed by atoms with E-state index >= 15 is 0 Å². The first-order chi connectivity index (χ1) is 13.7. The largest absolute Gasteiger partial charge is 0.326 e. The Morgan fingerprint density at radius 3 is 2.28 bits per heavy atom. The highest BCUT2D eigenvalue weighted by molar-refractivity contribution is 5.11. The first-order valence-electron chi connectivity index (χ1n) is 13.2. The number of rotatable bonds is 5. The molecule has 4 aliphatic carbocycles. The molecule has 0 aromatic carbocycles. The summed E-state index contributed by atoms with van der Waals surface area (Å²) in [5, 5.41) is 0. The third-order valence-electron chi connectivity index (χ3n) is 11.0. The van der Waals surface area contributed by atoms with Gasteiger partial charge in [0.05, 0.1) is 0 Å². The van der Waals surface area contributed by atoms with Crippen LogP contribution in [0, 0.1) is 52.3 Å². The second-order valence-electron chi connectivity index (χ2n) is 13.0.